The summed E-state index contributed by atoms with van der Waals surface area (Å²) < 4.78 is 0. The zero-order valence-corrected chi connectivity index (χ0v) is 28.4. The summed E-state index contributed by atoms with van der Waals surface area (Å²) in [6.45, 7) is 1.00. The Hall–Kier alpha value is -3.09. The molecule has 2 bridgehead atoms. The SMILES string of the molecule is CC(=O)[C@]12SS[C@]3(C(=O)N1C)[C@@H](O)C1(C45c6ccccc6N[C@@H]4N4C(=O)CN(C)C(=O)[C@@]4(SS)[C@@H]5O)c4ccccc4N[C@@H]1N3C2=O. The number of Topliss-reactive ketones (excluding diaryl/α,β-unsaturated/α-hetero) is 1. The number of amides is 4. The highest BCUT2D eigenvalue weighted by Gasteiger charge is 2.92. The van der Waals surface area contributed by atoms with Gasteiger partial charge in [-0.25, -0.2) is 0 Å². The average molecular weight is 713 g/mol. The van der Waals surface area contributed by atoms with Crippen LogP contribution in [0.2, 0.25) is 0 Å². The van der Waals surface area contributed by atoms with Crippen LogP contribution in [0, 0.1) is 0 Å². The molecule has 8 aliphatic heterocycles. The second-order valence-electron chi connectivity index (χ2n) is 13.0. The van der Waals surface area contributed by atoms with Crippen molar-refractivity contribution in [1.29, 1.82) is 0 Å². The Morgan fingerprint density at radius 2 is 1.40 bits per heavy atom. The molecular formula is C30H28N6O7S4. The van der Waals surface area contributed by atoms with Gasteiger partial charge < -0.3 is 30.6 Å². The lowest BCUT2D eigenvalue weighted by Crippen LogP contribution is -2.79. The number of fused-ring (bicyclic) bond motifs is 11. The molecule has 2 aromatic carbocycles. The molecule has 10 rings (SSSR count). The number of aliphatic hydroxyl groups is 2. The largest absolute Gasteiger partial charge is 0.388 e. The van der Waals surface area contributed by atoms with Crippen LogP contribution >= 0.6 is 44.0 Å². The smallest absolute Gasteiger partial charge is 0.271 e. The van der Waals surface area contributed by atoms with Crippen LogP contribution in [0.5, 0.6) is 0 Å². The molecule has 4 N–H and O–H groups in total. The number of likely N-dealkylation sites (N-methyl/N-ethyl adjacent to an activating group) is 2. The van der Waals surface area contributed by atoms with E-state index in [0.717, 1.165) is 37.3 Å². The maximum absolute atomic E-state index is 14.8. The first-order chi connectivity index (χ1) is 22.4. The third-order valence-electron chi connectivity index (χ3n) is 11.5. The molecule has 2 unspecified atom stereocenters. The molecule has 2 aromatic rings. The number of nitrogens with zero attached hydrogens (tertiary/aromatic N) is 4. The van der Waals surface area contributed by atoms with E-state index in [4.69, 9.17) is 0 Å². The quantitative estimate of drug-likeness (QED) is 0.169. The van der Waals surface area contributed by atoms with Crippen molar-refractivity contribution in [3.05, 3.63) is 59.7 Å². The number of aliphatic hydroxyl groups excluding tert-OH is 2. The van der Waals surface area contributed by atoms with E-state index in [-0.39, 0.29) is 6.54 Å². The molecule has 244 valence electrons. The van der Waals surface area contributed by atoms with Crippen LogP contribution < -0.4 is 10.6 Å². The van der Waals surface area contributed by atoms with Crippen molar-refractivity contribution in [2.45, 2.75) is 56.9 Å². The topological polar surface area (TPSA) is 163 Å². The van der Waals surface area contributed by atoms with Gasteiger partial charge in [0.1, 0.15) is 24.5 Å². The van der Waals surface area contributed by atoms with Crippen molar-refractivity contribution in [3.8, 4) is 0 Å². The monoisotopic (exact) mass is 712 g/mol. The Morgan fingerprint density at radius 3 is 1.98 bits per heavy atom. The molecule has 8 heterocycles. The van der Waals surface area contributed by atoms with Gasteiger partial charge in [-0.05, 0) is 51.8 Å². The van der Waals surface area contributed by atoms with E-state index in [1.807, 2.05) is 0 Å². The number of para-hydroxylation sites is 2. The highest BCUT2D eigenvalue weighted by molar-refractivity contribution is 8.78. The Kier molecular flexibility index (Phi) is 5.70. The molecular weight excluding hydrogens is 685 g/mol. The van der Waals surface area contributed by atoms with Gasteiger partial charge in [-0.2, -0.15) is 0 Å². The first-order valence-corrected chi connectivity index (χ1v) is 18.9. The lowest BCUT2D eigenvalue weighted by atomic mass is 9.52. The van der Waals surface area contributed by atoms with Crippen LogP contribution in [0.4, 0.5) is 11.4 Å². The third kappa shape index (κ3) is 2.67. The average Bonchev–Trinajstić information content (AvgIpc) is 3.70. The lowest BCUT2D eigenvalue weighted by molar-refractivity contribution is -0.169. The summed E-state index contributed by atoms with van der Waals surface area (Å²) in [6, 6.07) is 14.2. The van der Waals surface area contributed by atoms with Crippen LogP contribution in [0.1, 0.15) is 18.1 Å². The van der Waals surface area contributed by atoms with Crippen molar-refractivity contribution >= 4 is 84.8 Å². The van der Waals surface area contributed by atoms with Gasteiger partial charge in [0.15, 0.2) is 5.78 Å². The first kappa shape index (κ1) is 30.0. The Balaban J connectivity index is 1.43. The van der Waals surface area contributed by atoms with Gasteiger partial charge in [-0.1, -0.05) is 47.2 Å². The third-order valence-corrected chi connectivity index (χ3v) is 16.9. The fourth-order valence-electron chi connectivity index (χ4n) is 9.77. The second-order valence-corrected chi connectivity index (χ2v) is 16.9. The van der Waals surface area contributed by atoms with Crippen LogP contribution in [0.25, 0.3) is 0 Å². The number of thiol groups is 1. The Labute approximate surface area is 285 Å². The summed E-state index contributed by atoms with van der Waals surface area (Å²) in [6.07, 6.45) is -5.81. The summed E-state index contributed by atoms with van der Waals surface area (Å²) in [5.74, 6) is -2.87. The van der Waals surface area contributed by atoms with E-state index in [1.54, 1.807) is 48.5 Å². The lowest BCUT2D eigenvalue weighted by Gasteiger charge is -2.57. The van der Waals surface area contributed by atoms with E-state index in [1.165, 1.54) is 35.7 Å². The number of benzene rings is 2. The van der Waals surface area contributed by atoms with E-state index in [0.29, 0.717) is 22.5 Å². The number of anilines is 2. The van der Waals surface area contributed by atoms with Crippen molar-refractivity contribution in [2.75, 3.05) is 31.3 Å². The second kappa shape index (κ2) is 8.92. The minimum absolute atomic E-state index is 0.258. The van der Waals surface area contributed by atoms with Gasteiger partial charge >= 0.3 is 0 Å². The predicted octanol–water partition coefficient (Wildman–Crippen LogP) is 0.367. The molecule has 0 saturated carbocycles. The van der Waals surface area contributed by atoms with Gasteiger partial charge in [0.2, 0.25) is 20.5 Å². The van der Waals surface area contributed by atoms with Crippen LogP contribution in [0.3, 0.4) is 0 Å². The maximum Gasteiger partial charge on any atom is 0.271 e. The Bertz CT molecular complexity index is 1900. The zero-order chi connectivity index (χ0) is 33.2. The Morgan fingerprint density at radius 1 is 0.851 bits per heavy atom. The van der Waals surface area contributed by atoms with Crippen molar-refractivity contribution < 1.29 is 34.2 Å². The molecule has 8 aliphatic rings. The zero-order valence-electron chi connectivity index (χ0n) is 25.0. The number of nitrogens with one attached hydrogen (secondary N) is 2. The molecule has 6 saturated heterocycles. The summed E-state index contributed by atoms with van der Waals surface area (Å²) in [4.78, 5) is 70.4. The van der Waals surface area contributed by atoms with Crippen LogP contribution in [-0.4, -0.2) is 119 Å². The molecule has 6 fully saturated rings. The number of carbonyl (C=O) groups excluding carboxylic acids is 5. The number of rotatable bonds is 3. The minimum atomic E-state index is -1.96. The molecule has 47 heavy (non-hydrogen) atoms. The predicted molar refractivity (Wildman–Crippen MR) is 178 cm³/mol. The molecule has 1 spiro atoms. The van der Waals surface area contributed by atoms with Gasteiger partial charge in [0.05, 0.1) is 17.4 Å². The van der Waals surface area contributed by atoms with Crippen molar-refractivity contribution in [3.63, 3.8) is 0 Å². The van der Waals surface area contributed by atoms with E-state index >= 15 is 0 Å². The summed E-state index contributed by atoms with van der Waals surface area (Å²) >= 11 is 4.53. The number of carbonyl (C=O) groups is 5. The van der Waals surface area contributed by atoms with Gasteiger partial charge in [0, 0.05) is 25.5 Å². The highest BCUT2D eigenvalue weighted by atomic mass is 33.1. The van der Waals surface area contributed by atoms with E-state index in [2.05, 4.69) is 22.3 Å². The number of ketones is 1. The molecule has 0 aliphatic carbocycles. The first-order valence-electron chi connectivity index (χ1n) is 14.9. The standard InChI is InChI=1S/C30H28N6O7S4/c1-13(37)28-25(43)36-22-27(15-9-5-7-11-17(15)32-22,20(40)30(36,47-46-28)24(42)34(28)3)26-14-8-4-6-10-16(14)31-21(26)35-18(38)12-33(2)23(41)29(35,45-44)19(26)39/h4-11,19-22,31-32,39-40,44H,12H2,1-3H3/t19-,20+,21-,22-,26?,27?,28-,29+,30+/m1/s1. The normalized spacial score (nSPS) is 42.1. The van der Waals surface area contributed by atoms with Crippen LogP contribution in [-0.2, 0) is 34.8 Å². The molecule has 0 aromatic heterocycles. The van der Waals surface area contributed by atoms with Crippen molar-refractivity contribution in [1.82, 2.24) is 19.6 Å². The van der Waals surface area contributed by atoms with Crippen LogP contribution in [0.15, 0.2) is 48.5 Å². The van der Waals surface area contributed by atoms with Gasteiger partial charge in [-0.15, -0.1) is 11.7 Å². The summed E-state index contributed by atoms with van der Waals surface area (Å²) in [5, 5.41) is 33.3. The summed E-state index contributed by atoms with van der Waals surface area (Å²) in [7, 11) is 5.50. The highest BCUT2D eigenvalue weighted by Crippen LogP contribution is 2.76. The van der Waals surface area contributed by atoms with E-state index in [9.17, 15) is 34.2 Å². The maximum atomic E-state index is 14.8. The van der Waals surface area contributed by atoms with Gasteiger partial charge in [0.25, 0.3) is 17.7 Å². The number of hydrogen-bond donors (Lipinski definition) is 5. The number of piperazine rings is 2. The fraction of sp³-hybridized carbons (Fsp3) is 0.433. The molecule has 0 radical (unpaired) electrons. The fourth-order valence-corrected chi connectivity index (χ4v) is 15.2. The number of hydrogen-bond acceptors (Lipinski definition) is 13. The molecule has 13 nitrogen and oxygen atoms in total. The van der Waals surface area contributed by atoms with Gasteiger partial charge in [-0.3, -0.25) is 33.8 Å². The molecule has 4 amide bonds. The molecule has 9 atom stereocenters. The summed E-state index contributed by atoms with van der Waals surface area (Å²) in [5.41, 5.74) is -1.47. The molecule has 17 heteroatoms. The minimum Gasteiger partial charge on any atom is -0.388 e. The van der Waals surface area contributed by atoms with Crippen molar-refractivity contribution in [2.24, 2.45) is 0 Å². The van der Waals surface area contributed by atoms with E-state index < -0.39 is 79.4 Å².